The van der Waals surface area contributed by atoms with Crippen LogP contribution in [0.4, 0.5) is 0 Å². The van der Waals surface area contributed by atoms with Crippen LogP contribution in [-0.4, -0.2) is 4.40 Å². The third kappa shape index (κ3) is 1.63. The smallest absolute Gasteiger partial charge is 0.0459 e. The summed E-state index contributed by atoms with van der Waals surface area (Å²) in [6.07, 6.45) is 2.06. The number of aromatic nitrogens is 1. The normalized spacial score (nSPS) is 10.9. The highest BCUT2D eigenvalue weighted by atomic mass is 14.9. The molecule has 2 N–H and O–H groups in total. The Morgan fingerprint density at radius 3 is 2.47 bits per heavy atom. The van der Waals surface area contributed by atoms with Crippen molar-refractivity contribution in [2.45, 2.75) is 6.54 Å². The number of benzene rings is 1. The minimum Gasteiger partial charge on any atom is -0.325 e. The van der Waals surface area contributed by atoms with E-state index < -0.39 is 0 Å². The predicted molar refractivity (Wildman–Crippen MR) is 70.7 cm³/mol. The van der Waals surface area contributed by atoms with E-state index in [4.69, 9.17) is 5.73 Å². The first-order valence-electron chi connectivity index (χ1n) is 5.74. The molecule has 0 atom stereocenters. The van der Waals surface area contributed by atoms with Gasteiger partial charge in [0.1, 0.15) is 0 Å². The lowest BCUT2D eigenvalue weighted by atomic mass is 10.1. The van der Waals surface area contributed by atoms with E-state index >= 15 is 0 Å². The van der Waals surface area contributed by atoms with Crippen LogP contribution in [-0.2, 0) is 6.54 Å². The second kappa shape index (κ2) is 4.07. The molecule has 0 amide bonds. The minimum atomic E-state index is 0.544. The fourth-order valence-electron chi connectivity index (χ4n) is 2.26. The van der Waals surface area contributed by atoms with E-state index in [1.165, 1.54) is 16.6 Å². The standard InChI is InChI=1S/C15H14N2/c16-11-15-14(12-6-2-1-3-7-12)10-13-8-4-5-9-17(13)15/h1-10H,11,16H2. The van der Waals surface area contributed by atoms with Crippen molar-refractivity contribution < 1.29 is 0 Å². The number of nitrogens with two attached hydrogens (primary N) is 1. The van der Waals surface area contributed by atoms with E-state index in [2.05, 4.69) is 47.0 Å². The Hall–Kier alpha value is -2.06. The van der Waals surface area contributed by atoms with Crippen molar-refractivity contribution in [2.75, 3.05) is 0 Å². The quantitative estimate of drug-likeness (QED) is 0.709. The number of hydrogen-bond donors (Lipinski definition) is 1. The Labute approximate surface area is 100 Å². The maximum atomic E-state index is 5.88. The highest BCUT2D eigenvalue weighted by molar-refractivity contribution is 5.73. The summed E-state index contributed by atoms with van der Waals surface area (Å²) in [5, 5.41) is 0. The molecule has 0 spiro atoms. The van der Waals surface area contributed by atoms with Crippen LogP contribution in [0.5, 0.6) is 0 Å². The third-order valence-corrected chi connectivity index (χ3v) is 3.06. The molecule has 0 aliphatic carbocycles. The largest absolute Gasteiger partial charge is 0.325 e. The zero-order valence-corrected chi connectivity index (χ0v) is 9.51. The average Bonchev–Trinajstić information content (AvgIpc) is 2.78. The van der Waals surface area contributed by atoms with Crippen molar-refractivity contribution >= 4 is 5.52 Å². The monoisotopic (exact) mass is 222 g/mol. The molecule has 0 radical (unpaired) electrons. The molecule has 2 aromatic heterocycles. The van der Waals surface area contributed by atoms with Crippen molar-refractivity contribution in [1.82, 2.24) is 4.40 Å². The number of pyridine rings is 1. The topological polar surface area (TPSA) is 30.4 Å². The summed E-state index contributed by atoms with van der Waals surface area (Å²) in [7, 11) is 0. The van der Waals surface area contributed by atoms with Crippen molar-refractivity contribution in [3.05, 3.63) is 66.5 Å². The molecule has 1 aromatic carbocycles. The SMILES string of the molecule is NCc1c(-c2ccccc2)cc2ccccn12. The number of nitrogens with zero attached hydrogens (tertiary/aromatic N) is 1. The van der Waals surface area contributed by atoms with E-state index in [0.29, 0.717) is 6.54 Å². The van der Waals surface area contributed by atoms with Gasteiger partial charge in [-0.3, -0.25) is 0 Å². The van der Waals surface area contributed by atoms with E-state index in [-0.39, 0.29) is 0 Å². The first-order chi connectivity index (χ1) is 8.40. The molecule has 2 nitrogen and oxygen atoms in total. The van der Waals surface area contributed by atoms with Crippen LogP contribution in [0.1, 0.15) is 5.69 Å². The van der Waals surface area contributed by atoms with Gasteiger partial charge in [0.2, 0.25) is 0 Å². The summed E-state index contributed by atoms with van der Waals surface area (Å²) in [6.45, 7) is 0.544. The maximum absolute atomic E-state index is 5.88. The molecule has 2 heteroatoms. The fraction of sp³-hybridized carbons (Fsp3) is 0.0667. The second-order valence-corrected chi connectivity index (χ2v) is 4.07. The second-order valence-electron chi connectivity index (χ2n) is 4.07. The van der Waals surface area contributed by atoms with Gasteiger partial charge >= 0.3 is 0 Å². The van der Waals surface area contributed by atoms with Gasteiger partial charge in [-0.25, -0.2) is 0 Å². The van der Waals surface area contributed by atoms with Gasteiger partial charge in [-0.1, -0.05) is 36.4 Å². The number of fused-ring (bicyclic) bond motifs is 1. The number of rotatable bonds is 2. The first kappa shape index (κ1) is 10.1. The summed E-state index contributed by atoms with van der Waals surface area (Å²) < 4.78 is 2.16. The van der Waals surface area contributed by atoms with Gasteiger partial charge in [-0.05, 0) is 23.8 Å². The van der Waals surface area contributed by atoms with Crippen LogP contribution in [0.15, 0.2) is 60.8 Å². The summed E-state index contributed by atoms with van der Waals surface area (Å²) in [5.41, 5.74) is 10.7. The van der Waals surface area contributed by atoms with E-state index in [1.54, 1.807) is 0 Å². The molecule has 3 rings (SSSR count). The molecule has 17 heavy (non-hydrogen) atoms. The van der Waals surface area contributed by atoms with Crippen molar-refractivity contribution in [3.63, 3.8) is 0 Å². The van der Waals surface area contributed by atoms with Crippen LogP contribution in [0.2, 0.25) is 0 Å². The Morgan fingerprint density at radius 2 is 1.71 bits per heavy atom. The van der Waals surface area contributed by atoms with Crippen LogP contribution in [0.3, 0.4) is 0 Å². The van der Waals surface area contributed by atoms with Gasteiger partial charge in [0.15, 0.2) is 0 Å². The summed E-state index contributed by atoms with van der Waals surface area (Å²) in [4.78, 5) is 0. The van der Waals surface area contributed by atoms with Gasteiger partial charge in [0.25, 0.3) is 0 Å². The maximum Gasteiger partial charge on any atom is 0.0459 e. The Balaban J connectivity index is 2.30. The molecule has 0 aliphatic rings. The van der Waals surface area contributed by atoms with Gasteiger partial charge in [-0.2, -0.15) is 0 Å². The van der Waals surface area contributed by atoms with Crippen molar-refractivity contribution in [2.24, 2.45) is 5.73 Å². The fourth-order valence-corrected chi connectivity index (χ4v) is 2.26. The van der Waals surface area contributed by atoms with E-state index in [1.807, 2.05) is 18.2 Å². The molecular weight excluding hydrogens is 208 g/mol. The van der Waals surface area contributed by atoms with E-state index in [9.17, 15) is 0 Å². The first-order valence-corrected chi connectivity index (χ1v) is 5.74. The molecule has 0 saturated carbocycles. The van der Waals surface area contributed by atoms with Crippen LogP contribution >= 0.6 is 0 Å². The highest BCUT2D eigenvalue weighted by Crippen LogP contribution is 2.27. The summed E-state index contributed by atoms with van der Waals surface area (Å²) in [5.74, 6) is 0. The lowest BCUT2D eigenvalue weighted by Gasteiger charge is -2.03. The minimum absolute atomic E-state index is 0.544. The average molecular weight is 222 g/mol. The molecule has 3 aromatic rings. The molecule has 0 aliphatic heterocycles. The van der Waals surface area contributed by atoms with Crippen LogP contribution in [0, 0.1) is 0 Å². The zero-order valence-electron chi connectivity index (χ0n) is 9.51. The zero-order chi connectivity index (χ0) is 11.7. The molecule has 0 bridgehead atoms. The molecule has 84 valence electrons. The predicted octanol–water partition coefficient (Wildman–Crippen LogP) is 3.07. The van der Waals surface area contributed by atoms with Crippen molar-refractivity contribution in [3.8, 4) is 11.1 Å². The number of hydrogen-bond acceptors (Lipinski definition) is 1. The van der Waals surface area contributed by atoms with Crippen LogP contribution < -0.4 is 5.73 Å². The van der Waals surface area contributed by atoms with Gasteiger partial charge in [-0.15, -0.1) is 0 Å². The Bertz CT molecular complexity index is 638. The Kier molecular flexibility index (Phi) is 2.42. The lowest BCUT2D eigenvalue weighted by molar-refractivity contribution is 0.962. The molecular formula is C15H14N2. The summed E-state index contributed by atoms with van der Waals surface area (Å²) >= 11 is 0. The molecule has 0 saturated heterocycles. The molecule has 2 heterocycles. The third-order valence-electron chi connectivity index (χ3n) is 3.06. The van der Waals surface area contributed by atoms with E-state index in [0.717, 1.165) is 5.69 Å². The Morgan fingerprint density at radius 1 is 0.941 bits per heavy atom. The highest BCUT2D eigenvalue weighted by Gasteiger charge is 2.09. The lowest BCUT2D eigenvalue weighted by Crippen LogP contribution is -2.02. The molecule has 0 fully saturated rings. The van der Waals surface area contributed by atoms with Gasteiger partial charge < -0.3 is 10.1 Å². The van der Waals surface area contributed by atoms with Gasteiger partial charge in [0.05, 0.1) is 0 Å². The molecule has 0 unspecified atom stereocenters. The summed E-state index contributed by atoms with van der Waals surface area (Å²) in [6, 6.07) is 18.7. The van der Waals surface area contributed by atoms with Gasteiger partial charge in [0, 0.05) is 29.5 Å². The van der Waals surface area contributed by atoms with Crippen LogP contribution in [0.25, 0.3) is 16.6 Å². The van der Waals surface area contributed by atoms with Crippen molar-refractivity contribution in [1.29, 1.82) is 0 Å².